The largest absolute Gasteiger partial charge is 0.495 e. The number of aryl methyl sites for hydroxylation is 2. The molecule has 0 fully saturated rings. The molecule has 0 unspecified atom stereocenters. The molecule has 4 rings (SSSR count). The van der Waals surface area contributed by atoms with Gasteiger partial charge in [0.05, 0.1) is 24.1 Å². The van der Waals surface area contributed by atoms with Gasteiger partial charge in [-0.2, -0.15) is 0 Å². The van der Waals surface area contributed by atoms with Crippen molar-refractivity contribution in [1.82, 2.24) is 0 Å². The number of carbonyl (C=O) groups is 2. The minimum Gasteiger partial charge on any atom is -0.495 e. The number of anilines is 2. The molecule has 1 N–H and O–H groups in total. The topological polar surface area (TPSA) is 58.6 Å². The highest BCUT2D eigenvalue weighted by Gasteiger charge is 2.41. The summed E-state index contributed by atoms with van der Waals surface area (Å²) in [6.07, 6.45) is 0. The Bertz CT molecular complexity index is 1260. The molecule has 33 heavy (non-hydrogen) atoms. The lowest BCUT2D eigenvalue weighted by atomic mass is 9.97. The van der Waals surface area contributed by atoms with Gasteiger partial charge in [-0.3, -0.25) is 9.59 Å². The van der Waals surface area contributed by atoms with Gasteiger partial charge in [0.2, 0.25) is 0 Å². The van der Waals surface area contributed by atoms with Crippen LogP contribution < -0.4 is 15.0 Å². The third-order valence-electron chi connectivity index (χ3n) is 5.92. The van der Waals surface area contributed by atoms with Crippen molar-refractivity contribution in [1.29, 1.82) is 0 Å². The summed E-state index contributed by atoms with van der Waals surface area (Å²) in [6.45, 7) is 8.17. The van der Waals surface area contributed by atoms with Crippen LogP contribution in [0.2, 0.25) is 0 Å². The average molecular weight is 441 g/mol. The number of carbonyl (C=O) groups excluding carboxylic acids is 2. The first-order valence-corrected chi connectivity index (χ1v) is 11.0. The van der Waals surface area contributed by atoms with Gasteiger partial charge in [0.15, 0.2) is 0 Å². The Morgan fingerprint density at radius 2 is 1.58 bits per heavy atom. The number of amides is 2. The summed E-state index contributed by atoms with van der Waals surface area (Å²) >= 11 is 0. The number of nitrogens with zero attached hydrogens (tertiary/aromatic N) is 1. The Morgan fingerprint density at radius 3 is 2.21 bits per heavy atom. The van der Waals surface area contributed by atoms with E-state index in [0.717, 1.165) is 22.3 Å². The van der Waals surface area contributed by atoms with Gasteiger partial charge in [0.25, 0.3) is 11.8 Å². The Hall–Kier alpha value is -3.86. The molecule has 1 aliphatic heterocycles. The highest BCUT2D eigenvalue weighted by Crippen LogP contribution is 2.37. The molecular weight excluding hydrogens is 412 g/mol. The van der Waals surface area contributed by atoms with Crippen molar-refractivity contribution in [3.63, 3.8) is 0 Å². The van der Waals surface area contributed by atoms with Crippen molar-refractivity contribution in [2.75, 3.05) is 17.3 Å². The molecule has 168 valence electrons. The normalized spacial score (nSPS) is 13.8. The lowest BCUT2D eigenvalue weighted by molar-refractivity contribution is -0.120. The van der Waals surface area contributed by atoms with E-state index < -0.39 is 5.91 Å². The number of hydrogen-bond donors (Lipinski definition) is 1. The van der Waals surface area contributed by atoms with E-state index in [0.29, 0.717) is 28.6 Å². The first kappa shape index (κ1) is 22.3. The number of benzene rings is 3. The predicted molar refractivity (Wildman–Crippen MR) is 132 cm³/mol. The smallest absolute Gasteiger partial charge is 0.282 e. The number of imide groups is 1. The minimum absolute atomic E-state index is 0.240. The maximum Gasteiger partial charge on any atom is 0.282 e. The lowest BCUT2D eigenvalue weighted by Crippen LogP contribution is -2.32. The van der Waals surface area contributed by atoms with E-state index in [9.17, 15) is 9.59 Å². The fourth-order valence-corrected chi connectivity index (χ4v) is 4.12. The monoisotopic (exact) mass is 440 g/mol. The van der Waals surface area contributed by atoms with Gasteiger partial charge < -0.3 is 10.1 Å². The first-order chi connectivity index (χ1) is 15.8. The van der Waals surface area contributed by atoms with Crippen molar-refractivity contribution in [2.45, 2.75) is 33.6 Å². The highest BCUT2D eigenvalue weighted by atomic mass is 16.5. The second-order valence-corrected chi connectivity index (χ2v) is 8.59. The molecule has 5 nitrogen and oxygen atoms in total. The van der Waals surface area contributed by atoms with Gasteiger partial charge in [-0.25, -0.2) is 4.90 Å². The Labute approximate surface area is 194 Å². The molecule has 1 heterocycles. The molecule has 0 spiro atoms. The zero-order chi connectivity index (χ0) is 23.7. The molecule has 0 bridgehead atoms. The maximum atomic E-state index is 13.7. The SMILES string of the molecule is COc1ccccc1NC1=C(c2ccc(C)cc2C)C(=O)N(c2ccc(C(C)C)cc2)C1=O. The van der Waals surface area contributed by atoms with E-state index in [1.54, 1.807) is 7.11 Å². The van der Waals surface area contributed by atoms with Gasteiger partial charge in [0, 0.05) is 0 Å². The molecule has 0 aliphatic carbocycles. The van der Waals surface area contributed by atoms with Crippen LogP contribution in [0.15, 0.2) is 72.4 Å². The van der Waals surface area contributed by atoms with E-state index in [1.165, 1.54) is 4.90 Å². The van der Waals surface area contributed by atoms with Crippen LogP contribution in [0.4, 0.5) is 11.4 Å². The van der Waals surface area contributed by atoms with Crippen LogP contribution in [0.1, 0.15) is 42.0 Å². The number of nitrogens with one attached hydrogen (secondary N) is 1. The number of hydrogen-bond acceptors (Lipinski definition) is 4. The van der Waals surface area contributed by atoms with Gasteiger partial charge in [-0.05, 0) is 60.7 Å². The predicted octanol–water partition coefficient (Wildman–Crippen LogP) is 5.83. The summed E-state index contributed by atoms with van der Waals surface area (Å²) in [5.41, 5.74) is 5.67. The molecule has 3 aromatic carbocycles. The fraction of sp³-hybridized carbons (Fsp3) is 0.214. The van der Waals surface area contributed by atoms with E-state index in [4.69, 9.17) is 4.74 Å². The molecule has 2 amide bonds. The summed E-state index contributed by atoms with van der Waals surface area (Å²) in [7, 11) is 1.57. The molecule has 0 radical (unpaired) electrons. The summed E-state index contributed by atoms with van der Waals surface area (Å²) in [5, 5.41) is 3.20. The number of rotatable bonds is 6. The Morgan fingerprint density at radius 1 is 0.879 bits per heavy atom. The van der Waals surface area contributed by atoms with Gasteiger partial charge in [-0.15, -0.1) is 0 Å². The third-order valence-corrected chi connectivity index (χ3v) is 5.92. The molecule has 0 saturated heterocycles. The van der Waals surface area contributed by atoms with E-state index in [-0.39, 0.29) is 11.6 Å². The summed E-state index contributed by atoms with van der Waals surface area (Å²) in [5.74, 6) is 0.209. The van der Waals surface area contributed by atoms with Crippen LogP contribution in [0.25, 0.3) is 5.57 Å². The molecular formula is C28H28N2O3. The van der Waals surface area contributed by atoms with Crippen molar-refractivity contribution >= 4 is 28.8 Å². The molecule has 0 saturated carbocycles. The number of methoxy groups -OCH3 is 1. The van der Waals surface area contributed by atoms with Crippen LogP contribution in [-0.4, -0.2) is 18.9 Å². The van der Waals surface area contributed by atoms with Crippen LogP contribution >= 0.6 is 0 Å². The lowest BCUT2D eigenvalue weighted by Gasteiger charge is -2.17. The Kier molecular flexibility index (Phi) is 6.05. The van der Waals surface area contributed by atoms with Crippen molar-refractivity contribution in [3.8, 4) is 5.75 Å². The quantitative estimate of drug-likeness (QED) is 0.490. The van der Waals surface area contributed by atoms with Gasteiger partial charge >= 0.3 is 0 Å². The van der Waals surface area contributed by atoms with E-state index in [1.807, 2.05) is 80.6 Å². The molecule has 1 aliphatic rings. The molecule has 5 heteroatoms. The second-order valence-electron chi connectivity index (χ2n) is 8.59. The fourth-order valence-electron chi connectivity index (χ4n) is 4.12. The molecule has 3 aromatic rings. The van der Waals surface area contributed by atoms with E-state index >= 15 is 0 Å². The van der Waals surface area contributed by atoms with Crippen LogP contribution in [0.5, 0.6) is 5.75 Å². The summed E-state index contributed by atoms with van der Waals surface area (Å²) in [4.78, 5) is 28.6. The third kappa shape index (κ3) is 4.14. The van der Waals surface area contributed by atoms with Crippen molar-refractivity contribution < 1.29 is 14.3 Å². The number of para-hydroxylation sites is 2. The first-order valence-electron chi connectivity index (χ1n) is 11.0. The maximum absolute atomic E-state index is 13.7. The molecule has 0 atom stereocenters. The minimum atomic E-state index is -0.391. The van der Waals surface area contributed by atoms with E-state index in [2.05, 4.69) is 19.2 Å². The number of ether oxygens (including phenoxy) is 1. The Balaban J connectivity index is 1.84. The second kappa shape index (κ2) is 8.94. The zero-order valence-corrected chi connectivity index (χ0v) is 19.6. The summed E-state index contributed by atoms with van der Waals surface area (Å²) in [6, 6.07) is 20.8. The van der Waals surface area contributed by atoms with Gasteiger partial charge in [-0.1, -0.05) is 61.9 Å². The van der Waals surface area contributed by atoms with Crippen LogP contribution in [0, 0.1) is 13.8 Å². The van der Waals surface area contributed by atoms with Crippen molar-refractivity contribution in [2.24, 2.45) is 0 Å². The van der Waals surface area contributed by atoms with Gasteiger partial charge in [0.1, 0.15) is 11.4 Å². The highest BCUT2D eigenvalue weighted by molar-refractivity contribution is 6.46. The zero-order valence-electron chi connectivity index (χ0n) is 19.6. The molecule has 0 aromatic heterocycles. The summed E-state index contributed by atoms with van der Waals surface area (Å²) < 4.78 is 5.45. The van der Waals surface area contributed by atoms with Crippen LogP contribution in [0.3, 0.4) is 0 Å². The van der Waals surface area contributed by atoms with Crippen molar-refractivity contribution in [3.05, 3.63) is 94.7 Å². The average Bonchev–Trinajstić information content (AvgIpc) is 3.03. The van der Waals surface area contributed by atoms with Crippen LogP contribution in [-0.2, 0) is 9.59 Å². The standard InChI is InChI=1S/C28H28N2O3/c1-17(2)20-11-13-21(14-12-20)30-27(31)25(22-15-10-18(3)16-19(22)4)26(28(30)32)29-23-8-6-7-9-24(23)33-5/h6-17,29H,1-5H3.